The van der Waals surface area contributed by atoms with Gasteiger partial charge in [0.2, 0.25) is 11.9 Å². The summed E-state index contributed by atoms with van der Waals surface area (Å²) >= 11 is 1.76. The van der Waals surface area contributed by atoms with E-state index in [4.69, 9.17) is 0 Å². The molecule has 2 aromatic heterocycles. The van der Waals surface area contributed by atoms with Crippen molar-refractivity contribution in [2.75, 3.05) is 24.3 Å². The highest BCUT2D eigenvalue weighted by molar-refractivity contribution is 7.10. The van der Waals surface area contributed by atoms with Crippen molar-refractivity contribution < 1.29 is 0 Å². The van der Waals surface area contributed by atoms with Crippen molar-refractivity contribution in [3.63, 3.8) is 0 Å². The molecule has 6 heteroatoms. The van der Waals surface area contributed by atoms with Gasteiger partial charge in [-0.05, 0) is 23.9 Å². The second-order valence-electron chi connectivity index (χ2n) is 3.80. The summed E-state index contributed by atoms with van der Waals surface area (Å²) in [6.45, 7) is 2.87. The lowest BCUT2D eigenvalue weighted by molar-refractivity contribution is 0.996. The van der Waals surface area contributed by atoms with Gasteiger partial charge in [-0.2, -0.15) is 4.98 Å². The molecule has 86 valence electrons. The molecule has 0 aliphatic carbocycles. The fraction of sp³-hybridized carbons (Fsp3) is 0.400. The Balaban J connectivity index is 1.94. The molecule has 0 aromatic carbocycles. The highest BCUT2D eigenvalue weighted by Gasteiger charge is 2.04. The Bertz CT molecular complexity index is 459. The van der Waals surface area contributed by atoms with Gasteiger partial charge in [0.15, 0.2) is 0 Å². The number of nitrogens with one attached hydrogen (secondary N) is 2. The summed E-state index contributed by atoms with van der Waals surface area (Å²) in [5, 5.41) is 12.3. The van der Waals surface area contributed by atoms with Crippen LogP contribution in [0.15, 0.2) is 11.4 Å². The molecule has 2 aromatic rings. The van der Waals surface area contributed by atoms with Gasteiger partial charge in [0.25, 0.3) is 0 Å². The second-order valence-corrected chi connectivity index (χ2v) is 4.91. The van der Waals surface area contributed by atoms with Crippen molar-refractivity contribution in [3.05, 3.63) is 21.9 Å². The van der Waals surface area contributed by atoms with Gasteiger partial charge >= 0.3 is 0 Å². The van der Waals surface area contributed by atoms with Crippen molar-refractivity contribution in [3.8, 4) is 0 Å². The van der Waals surface area contributed by atoms with Crippen LogP contribution in [0.5, 0.6) is 0 Å². The fourth-order valence-corrected chi connectivity index (χ4v) is 2.02. The van der Waals surface area contributed by atoms with Crippen molar-refractivity contribution in [1.82, 2.24) is 15.2 Å². The maximum atomic E-state index is 4.28. The number of hydrogen-bond donors (Lipinski definition) is 2. The van der Waals surface area contributed by atoms with Gasteiger partial charge in [0, 0.05) is 25.5 Å². The Kier molecular flexibility index (Phi) is 3.09. The zero-order valence-electron chi connectivity index (χ0n) is 9.61. The van der Waals surface area contributed by atoms with Gasteiger partial charge < -0.3 is 10.2 Å². The van der Waals surface area contributed by atoms with E-state index < -0.39 is 0 Å². The van der Waals surface area contributed by atoms with Crippen LogP contribution in [0.4, 0.5) is 11.9 Å². The van der Waals surface area contributed by atoms with Gasteiger partial charge in [0.05, 0.1) is 0 Å². The number of thiophene rings is 1. The molecule has 2 N–H and O–H groups in total. The van der Waals surface area contributed by atoms with Crippen LogP contribution in [-0.2, 0) is 6.54 Å². The molecule has 0 saturated carbocycles. The van der Waals surface area contributed by atoms with Crippen molar-refractivity contribution in [2.24, 2.45) is 0 Å². The summed E-state index contributed by atoms with van der Waals surface area (Å²) in [5.41, 5.74) is 1.27. The molecule has 0 bridgehead atoms. The lowest BCUT2D eigenvalue weighted by Crippen LogP contribution is -2.10. The third-order valence-corrected chi connectivity index (χ3v) is 3.03. The average molecular weight is 237 g/mol. The number of rotatable bonds is 4. The molecule has 0 atom stereocenters. The molecular formula is C10H15N5S. The molecule has 0 radical (unpaired) electrons. The van der Waals surface area contributed by atoms with Gasteiger partial charge in [0.1, 0.15) is 0 Å². The van der Waals surface area contributed by atoms with E-state index in [0.29, 0.717) is 11.9 Å². The van der Waals surface area contributed by atoms with Gasteiger partial charge in [-0.25, -0.2) is 5.10 Å². The summed E-state index contributed by atoms with van der Waals surface area (Å²) in [5.74, 6) is 1.39. The number of anilines is 2. The van der Waals surface area contributed by atoms with E-state index in [-0.39, 0.29) is 0 Å². The zero-order chi connectivity index (χ0) is 11.5. The topological polar surface area (TPSA) is 56.8 Å². The zero-order valence-corrected chi connectivity index (χ0v) is 10.4. The number of aromatic nitrogens is 3. The van der Waals surface area contributed by atoms with Gasteiger partial charge in [-0.15, -0.1) is 16.4 Å². The quantitative estimate of drug-likeness (QED) is 0.852. The maximum absolute atomic E-state index is 4.28. The Morgan fingerprint density at radius 2 is 2.31 bits per heavy atom. The normalized spacial score (nSPS) is 10.4. The highest BCUT2D eigenvalue weighted by Crippen LogP contribution is 2.14. The summed E-state index contributed by atoms with van der Waals surface area (Å²) in [7, 11) is 3.82. The van der Waals surface area contributed by atoms with Crippen molar-refractivity contribution in [1.29, 1.82) is 0 Å². The van der Waals surface area contributed by atoms with Crippen LogP contribution in [0.1, 0.15) is 10.4 Å². The third-order valence-electron chi connectivity index (χ3n) is 2.12. The number of hydrogen-bond acceptors (Lipinski definition) is 5. The van der Waals surface area contributed by atoms with E-state index in [1.165, 1.54) is 10.4 Å². The number of H-pyrrole nitrogens is 1. The van der Waals surface area contributed by atoms with E-state index in [0.717, 1.165) is 6.54 Å². The molecule has 5 nitrogen and oxygen atoms in total. The molecule has 0 spiro atoms. The summed E-state index contributed by atoms with van der Waals surface area (Å²) in [6, 6.07) is 2.17. The summed E-state index contributed by atoms with van der Waals surface area (Å²) in [6.07, 6.45) is 0. The van der Waals surface area contributed by atoms with Crippen LogP contribution < -0.4 is 10.2 Å². The molecule has 2 rings (SSSR count). The van der Waals surface area contributed by atoms with Crippen LogP contribution in [0, 0.1) is 6.92 Å². The third kappa shape index (κ3) is 2.52. The van der Waals surface area contributed by atoms with Crippen LogP contribution in [0.3, 0.4) is 0 Å². The highest BCUT2D eigenvalue weighted by atomic mass is 32.1. The SMILES string of the molecule is Cc1cc(CNc2nc(N(C)C)n[nH]2)cs1. The van der Waals surface area contributed by atoms with Gasteiger partial charge in [-0.1, -0.05) is 0 Å². The lowest BCUT2D eigenvalue weighted by atomic mass is 10.3. The van der Waals surface area contributed by atoms with E-state index in [9.17, 15) is 0 Å². The van der Waals surface area contributed by atoms with E-state index in [1.807, 2.05) is 19.0 Å². The molecular weight excluding hydrogens is 222 g/mol. The van der Waals surface area contributed by atoms with Crippen LogP contribution in [0.25, 0.3) is 0 Å². The monoisotopic (exact) mass is 237 g/mol. The van der Waals surface area contributed by atoms with E-state index in [1.54, 1.807) is 11.3 Å². The smallest absolute Gasteiger partial charge is 0.245 e. The molecule has 0 aliphatic heterocycles. The second kappa shape index (κ2) is 4.52. The van der Waals surface area contributed by atoms with Crippen LogP contribution >= 0.6 is 11.3 Å². The Labute approximate surface area is 98.5 Å². The Hall–Kier alpha value is -1.56. The molecule has 0 unspecified atom stereocenters. The molecule has 16 heavy (non-hydrogen) atoms. The summed E-state index contributed by atoms with van der Waals surface area (Å²) in [4.78, 5) is 7.46. The van der Waals surface area contributed by atoms with Crippen LogP contribution in [-0.4, -0.2) is 29.3 Å². The Morgan fingerprint density at radius 3 is 2.88 bits per heavy atom. The molecule has 0 saturated heterocycles. The number of aryl methyl sites for hydroxylation is 1. The standard InChI is InChI=1S/C10H15N5S/c1-7-4-8(6-16-7)5-11-9-12-10(14-13-9)15(2)3/h4,6H,5H2,1-3H3,(H2,11,12,13,14). The first kappa shape index (κ1) is 10.9. The van der Waals surface area contributed by atoms with Crippen molar-refractivity contribution in [2.45, 2.75) is 13.5 Å². The van der Waals surface area contributed by atoms with Crippen molar-refractivity contribution >= 4 is 23.2 Å². The Morgan fingerprint density at radius 1 is 1.50 bits per heavy atom. The summed E-state index contributed by atoms with van der Waals surface area (Å²) < 4.78 is 0. The minimum absolute atomic E-state index is 0.684. The first-order chi connectivity index (χ1) is 7.65. The number of nitrogens with zero attached hydrogens (tertiary/aromatic N) is 3. The molecule has 0 amide bonds. The van der Waals surface area contributed by atoms with Gasteiger partial charge in [-0.3, -0.25) is 0 Å². The minimum atomic E-state index is 0.684. The van der Waals surface area contributed by atoms with Crippen LogP contribution in [0.2, 0.25) is 0 Å². The first-order valence-corrected chi connectivity index (χ1v) is 5.91. The molecule has 2 heterocycles. The average Bonchev–Trinajstić information content (AvgIpc) is 2.83. The minimum Gasteiger partial charge on any atom is -0.350 e. The fourth-order valence-electron chi connectivity index (χ4n) is 1.31. The van der Waals surface area contributed by atoms with E-state index >= 15 is 0 Å². The first-order valence-electron chi connectivity index (χ1n) is 5.03. The predicted molar refractivity (Wildman–Crippen MR) is 67.1 cm³/mol. The largest absolute Gasteiger partial charge is 0.350 e. The molecule has 0 fully saturated rings. The maximum Gasteiger partial charge on any atom is 0.245 e. The molecule has 0 aliphatic rings. The number of aromatic amines is 1. The van der Waals surface area contributed by atoms with E-state index in [2.05, 4.69) is 38.9 Å². The lowest BCUT2D eigenvalue weighted by Gasteiger charge is -2.03. The predicted octanol–water partition coefficient (Wildman–Crippen LogP) is 1.85.